The molecule has 1 saturated carbocycles. The summed E-state index contributed by atoms with van der Waals surface area (Å²) in [5, 5.41) is 13.3. The fourth-order valence-electron chi connectivity index (χ4n) is 4.46. The molecule has 1 heterocycles. The van der Waals surface area contributed by atoms with Crippen molar-refractivity contribution in [2.24, 2.45) is 5.92 Å². The molecule has 2 aliphatic rings. The molecular formula is C18H33N3. The number of rotatable bonds is 6. The van der Waals surface area contributed by atoms with E-state index in [0.29, 0.717) is 5.92 Å². The predicted octanol–water partition coefficient (Wildman–Crippen LogP) is 3.70. The van der Waals surface area contributed by atoms with Crippen LogP contribution in [0.1, 0.15) is 72.1 Å². The lowest BCUT2D eigenvalue weighted by molar-refractivity contribution is 0.0915. The van der Waals surface area contributed by atoms with Gasteiger partial charge in [-0.1, -0.05) is 19.8 Å². The van der Waals surface area contributed by atoms with Gasteiger partial charge in [0.1, 0.15) is 5.54 Å². The highest BCUT2D eigenvalue weighted by Gasteiger charge is 2.42. The van der Waals surface area contributed by atoms with E-state index >= 15 is 0 Å². The molecule has 0 spiro atoms. The third kappa shape index (κ3) is 3.79. The zero-order chi connectivity index (χ0) is 15.3. The third-order valence-corrected chi connectivity index (χ3v) is 5.82. The second-order valence-corrected chi connectivity index (χ2v) is 7.25. The minimum atomic E-state index is -0.238. The fraction of sp³-hybridized carbons (Fsp3) is 0.944. The van der Waals surface area contributed by atoms with Crippen LogP contribution in [0.25, 0.3) is 0 Å². The average molecular weight is 291 g/mol. The van der Waals surface area contributed by atoms with E-state index in [-0.39, 0.29) is 5.54 Å². The molecule has 0 aromatic carbocycles. The van der Waals surface area contributed by atoms with E-state index in [1.807, 2.05) is 0 Å². The highest BCUT2D eigenvalue weighted by atomic mass is 15.2. The van der Waals surface area contributed by atoms with Crippen LogP contribution >= 0.6 is 0 Å². The lowest BCUT2D eigenvalue weighted by atomic mass is 9.85. The van der Waals surface area contributed by atoms with Gasteiger partial charge in [0.15, 0.2) is 0 Å². The molecule has 0 aromatic heterocycles. The Morgan fingerprint density at radius 1 is 1.19 bits per heavy atom. The number of likely N-dealkylation sites (tertiary alicyclic amines) is 1. The van der Waals surface area contributed by atoms with Crippen molar-refractivity contribution in [2.45, 2.75) is 89.8 Å². The highest BCUT2D eigenvalue weighted by molar-refractivity contribution is 5.14. The van der Waals surface area contributed by atoms with Gasteiger partial charge in [-0.25, -0.2) is 0 Å². The number of nitriles is 1. The first-order chi connectivity index (χ1) is 10.1. The Kier molecular flexibility index (Phi) is 6.08. The number of nitrogens with zero attached hydrogens (tertiary/aromatic N) is 2. The zero-order valence-electron chi connectivity index (χ0n) is 14.2. The van der Waals surface area contributed by atoms with Crippen LogP contribution in [0.2, 0.25) is 0 Å². The fourth-order valence-corrected chi connectivity index (χ4v) is 4.46. The molecular weight excluding hydrogens is 258 g/mol. The van der Waals surface area contributed by atoms with Crippen molar-refractivity contribution >= 4 is 0 Å². The molecule has 4 atom stereocenters. The van der Waals surface area contributed by atoms with Crippen LogP contribution in [0.5, 0.6) is 0 Å². The largest absolute Gasteiger partial charge is 0.299 e. The Balaban J connectivity index is 1.93. The van der Waals surface area contributed by atoms with E-state index in [1.165, 1.54) is 45.1 Å². The van der Waals surface area contributed by atoms with Gasteiger partial charge in [-0.3, -0.25) is 10.2 Å². The standard InChI is InChI=1S/C18H33N3/c1-4-12-20-18(14-19)11-6-9-17(18)10-13-21-15(2)7-5-8-16(21)3/h15-17,20H,4-13H2,1-3H3/t15-,16+,17?,18?. The van der Waals surface area contributed by atoms with Gasteiger partial charge in [-0.15, -0.1) is 0 Å². The van der Waals surface area contributed by atoms with Crippen LogP contribution in [0.3, 0.4) is 0 Å². The van der Waals surface area contributed by atoms with Crippen molar-refractivity contribution in [3.05, 3.63) is 0 Å². The molecule has 1 aliphatic carbocycles. The first-order valence-electron chi connectivity index (χ1n) is 9.05. The lowest BCUT2D eigenvalue weighted by Gasteiger charge is -2.40. The summed E-state index contributed by atoms with van der Waals surface area (Å²) in [7, 11) is 0. The summed E-state index contributed by atoms with van der Waals surface area (Å²) in [5.74, 6) is 0.537. The summed E-state index contributed by atoms with van der Waals surface area (Å²) >= 11 is 0. The topological polar surface area (TPSA) is 39.1 Å². The van der Waals surface area contributed by atoms with Gasteiger partial charge >= 0.3 is 0 Å². The highest BCUT2D eigenvalue weighted by Crippen LogP contribution is 2.38. The smallest absolute Gasteiger partial charge is 0.109 e. The number of piperidine rings is 1. The van der Waals surface area contributed by atoms with Crippen LogP contribution in [0.4, 0.5) is 0 Å². The zero-order valence-corrected chi connectivity index (χ0v) is 14.2. The lowest BCUT2D eigenvalue weighted by Crippen LogP contribution is -2.49. The van der Waals surface area contributed by atoms with Crippen molar-refractivity contribution in [3.63, 3.8) is 0 Å². The Morgan fingerprint density at radius 3 is 2.52 bits per heavy atom. The molecule has 1 saturated heterocycles. The molecule has 2 fully saturated rings. The number of hydrogen-bond acceptors (Lipinski definition) is 3. The monoisotopic (exact) mass is 291 g/mol. The molecule has 0 bridgehead atoms. The van der Waals surface area contributed by atoms with Crippen molar-refractivity contribution in [2.75, 3.05) is 13.1 Å². The average Bonchev–Trinajstić information content (AvgIpc) is 2.88. The Bertz CT molecular complexity index is 352. The molecule has 21 heavy (non-hydrogen) atoms. The van der Waals surface area contributed by atoms with Gasteiger partial charge < -0.3 is 0 Å². The van der Waals surface area contributed by atoms with Crippen LogP contribution in [0.15, 0.2) is 0 Å². The van der Waals surface area contributed by atoms with Gasteiger partial charge in [0, 0.05) is 12.1 Å². The molecule has 2 unspecified atom stereocenters. The summed E-state index contributed by atoms with van der Waals surface area (Å²) < 4.78 is 0. The van der Waals surface area contributed by atoms with Gasteiger partial charge in [0.05, 0.1) is 6.07 Å². The quantitative estimate of drug-likeness (QED) is 0.811. The first-order valence-corrected chi connectivity index (χ1v) is 9.05. The summed E-state index contributed by atoms with van der Waals surface area (Å²) in [4.78, 5) is 2.68. The molecule has 3 nitrogen and oxygen atoms in total. The van der Waals surface area contributed by atoms with E-state index in [0.717, 1.165) is 31.5 Å². The Labute approximate surface area is 131 Å². The molecule has 0 radical (unpaired) electrons. The number of nitrogens with one attached hydrogen (secondary N) is 1. The maximum atomic E-state index is 9.73. The van der Waals surface area contributed by atoms with Crippen LogP contribution in [-0.2, 0) is 0 Å². The van der Waals surface area contributed by atoms with Gasteiger partial charge in [-0.2, -0.15) is 5.26 Å². The summed E-state index contributed by atoms with van der Waals surface area (Å²) in [6, 6.07) is 4.08. The minimum absolute atomic E-state index is 0.238. The Morgan fingerprint density at radius 2 is 1.90 bits per heavy atom. The van der Waals surface area contributed by atoms with E-state index in [9.17, 15) is 5.26 Å². The molecule has 2 rings (SSSR count). The summed E-state index contributed by atoms with van der Waals surface area (Å²) in [6.07, 6.45) is 9.82. The van der Waals surface area contributed by atoms with Gasteiger partial charge in [0.2, 0.25) is 0 Å². The van der Waals surface area contributed by atoms with Crippen molar-refractivity contribution < 1.29 is 0 Å². The van der Waals surface area contributed by atoms with E-state index in [2.05, 4.69) is 37.1 Å². The van der Waals surface area contributed by atoms with Crippen molar-refractivity contribution in [1.82, 2.24) is 10.2 Å². The van der Waals surface area contributed by atoms with Crippen molar-refractivity contribution in [1.29, 1.82) is 5.26 Å². The number of hydrogen-bond donors (Lipinski definition) is 1. The molecule has 1 N–H and O–H groups in total. The molecule has 0 amide bonds. The third-order valence-electron chi connectivity index (χ3n) is 5.82. The minimum Gasteiger partial charge on any atom is -0.299 e. The van der Waals surface area contributed by atoms with Gasteiger partial charge in [0.25, 0.3) is 0 Å². The van der Waals surface area contributed by atoms with Crippen molar-refractivity contribution in [3.8, 4) is 6.07 Å². The molecule has 0 aromatic rings. The molecule has 1 aliphatic heterocycles. The predicted molar refractivity (Wildman–Crippen MR) is 88.1 cm³/mol. The van der Waals surface area contributed by atoms with Gasteiger partial charge in [-0.05, 0) is 71.4 Å². The first kappa shape index (κ1) is 16.8. The normalized spacial score (nSPS) is 37.5. The summed E-state index contributed by atoms with van der Waals surface area (Å²) in [5.41, 5.74) is -0.238. The second-order valence-electron chi connectivity index (χ2n) is 7.25. The molecule has 120 valence electrons. The maximum absolute atomic E-state index is 9.73. The summed E-state index contributed by atoms with van der Waals surface area (Å²) in [6.45, 7) is 9.07. The van der Waals surface area contributed by atoms with E-state index in [4.69, 9.17) is 0 Å². The van der Waals surface area contributed by atoms with Crippen LogP contribution in [0, 0.1) is 17.2 Å². The van der Waals surface area contributed by atoms with Crippen LogP contribution < -0.4 is 5.32 Å². The van der Waals surface area contributed by atoms with Crippen LogP contribution in [-0.4, -0.2) is 35.6 Å². The second kappa shape index (κ2) is 7.61. The molecule has 3 heteroatoms. The van der Waals surface area contributed by atoms with E-state index in [1.54, 1.807) is 0 Å². The SMILES string of the molecule is CCCNC1(C#N)CCCC1CCN1[C@H](C)CCC[C@@H]1C. The maximum Gasteiger partial charge on any atom is 0.109 e. The van der Waals surface area contributed by atoms with E-state index < -0.39 is 0 Å². The Hall–Kier alpha value is -0.590.